The highest BCUT2D eigenvalue weighted by Crippen LogP contribution is 2.27. The average molecular weight is 593 g/mol. The van der Waals surface area contributed by atoms with Gasteiger partial charge >= 0.3 is 0 Å². The van der Waals surface area contributed by atoms with E-state index in [9.17, 15) is 0 Å². The summed E-state index contributed by atoms with van der Waals surface area (Å²) in [6, 6.07) is 64.4. The standard InChI is InChI=1S/C18H14.C14H12.C14H14/c1-3-7-15(8-4-1)17-11-13-18(14-12-17)16-9-5-2-6-10-16;1-2-6-12-10-14-8-4-3-7-13(14)9-11(12)5-1;1-11-3-7-13(8-4-11)14-9-5-12(2)6-10-14/h1-14H;1-8H,9-10H2;3-10H,1-2H3. The smallest absolute Gasteiger partial charge is 0.00201 e. The van der Waals surface area contributed by atoms with Gasteiger partial charge in [-0.05, 0) is 82.3 Å². The predicted molar refractivity (Wildman–Crippen MR) is 197 cm³/mol. The first kappa shape index (κ1) is 30.6. The average Bonchev–Trinajstić information content (AvgIpc) is 3.13. The molecule has 0 radical (unpaired) electrons. The summed E-state index contributed by atoms with van der Waals surface area (Å²) >= 11 is 0. The number of aryl methyl sites for hydroxylation is 2. The van der Waals surface area contributed by atoms with Gasteiger partial charge < -0.3 is 0 Å². The Kier molecular flexibility index (Phi) is 9.98. The fourth-order valence-corrected chi connectivity index (χ4v) is 5.82. The molecule has 0 aromatic heterocycles. The van der Waals surface area contributed by atoms with Gasteiger partial charge in [-0.15, -0.1) is 0 Å². The van der Waals surface area contributed by atoms with Gasteiger partial charge in [-0.1, -0.05) is 193 Å². The molecule has 46 heavy (non-hydrogen) atoms. The maximum atomic E-state index is 2.24. The first-order valence-electron chi connectivity index (χ1n) is 16.1. The highest BCUT2D eigenvalue weighted by atomic mass is 14.2. The van der Waals surface area contributed by atoms with Crippen LogP contribution in [0.1, 0.15) is 33.4 Å². The van der Waals surface area contributed by atoms with Gasteiger partial charge in [0.25, 0.3) is 0 Å². The SMILES string of the molecule is Cc1ccc(-c2ccc(C)cc2)cc1.c1ccc(-c2ccc(-c3ccccc3)cc2)cc1.c1ccc2c(c1)Cc1ccccc1C2. The highest BCUT2D eigenvalue weighted by Gasteiger charge is 2.13. The summed E-state index contributed by atoms with van der Waals surface area (Å²) < 4.78 is 0. The number of rotatable bonds is 3. The van der Waals surface area contributed by atoms with Crippen molar-refractivity contribution in [2.75, 3.05) is 0 Å². The van der Waals surface area contributed by atoms with Crippen LogP contribution in [0.3, 0.4) is 0 Å². The summed E-state index contributed by atoms with van der Waals surface area (Å²) in [5.74, 6) is 0. The molecule has 0 unspecified atom stereocenters. The van der Waals surface area contributed by atoms with Crippen molar-refractivity contribution in [1.29, 1.82) is 0 Å². The van der Waals surface area contributed by atoms with Crippen LogP contribution in [0.5, 0.6) is 0 Å². The van der Waals surface area contributed by atoms with Gasteiger partial charge in [0.1, 0.15) is 0 Å². The Labute approximate surface area is 274 Å². The molecule has 0 amide bonds. The van der Waals surface area contributed by atoms with Crippen molar-refractivity contribution >= 4 is 0 Å². The first-order chi connectivity index (χ1) is 22.6. The van der Waals surface area contributed by atoms with Gasteiger partial charge in [-0.2, -0.15) is 0 Å². The molecule has 7 aromatic carbocycles. The van der Waals surface area contributed by atoms with Crippen molar-refractivity contribution in [1.82, 2.24) is 0 Å². The fourth-order valence-electron chi connectivity index (χ4n) is 5.82. The van der Waals surface area contributed by atoms with Crippen LogP contribution in [-0.2, 0) is 12.8 Å². The molecule has 7 aromatic rings. The summed E-state index contributed by atoms with van der Waals surface area (Å²) in [7, 11) is 0. The van der Waals surface area contributed by atoms with E-state index >= 15 is 0 Å². The minimum Gasteiger partial charge on any atom is -0.0622 e. The molecule has 0 saturated carbocycles. The van der Waals surface area contributed by atoms with Crippen LogP contribution >= 0.6 is 0 Å². The second-order valence-electron chi connectivity index (χ2n) is 11.9. The van der Waals surface area contributed by atoms with Gasteiger partial charge in [0.15, 0.2) is 0 Å². The van der Waals surface area contributed by atoms with Gasteiger partial charge in [0.2, 0.25) is 0 Å². The molecule has 0 spiro atoms. The Bertz CT molecular complexity index is 1760. The molecule has 1 aliphatic rings. The van der Waals surface area contributed by atoms with Crippen molar-refractivity contribution in [3.8, 4) is 33.4 Å². The molecule has 0 heterocycles. The van der Waals surface area contributed by atoms with E-state index in [1.54, 1.807) is 0 Å². The monoisotopic (exact) mass is 592 g/mol. The van der Waals surface area contributed by atoms with E-state index in [1.165, 1.54) is 66.8 Å². The van der Waals surface area contributed by atoms with Crippen LogP contribution < -0.4 is 0 Å². The molecule has 0 bridgehead atoms. The Morgan fingerprint density at radius 1 is 0.239 bits per heavy atom. The minimum atomic E-state index is 1.10. The number of fused-ring (bicyclic) bond motifs is 2. The number of benzene rings is 7. The van der Waals surface area contributed by atoms with E-state index in [2.05, 4.69) is 184 Å². The third kappa shape index (κ3) is 7.97. The van der Waals surface area contributed by atoms with Gasteiger partial charge in [0.05, 0.1) is 0 Å². The molecule has 0 atom stereocenters. The van der Waals surface area contributed by atoms with Crippen LogP contribution in [0.25, 0.3) is 33.4 Å². The molecule has 1 aliphatic carbocycles. The van der Waals surface area contributed by atoms with E-state index in [-0.39, 0.29) is 0 Å². The Morgan fingerprint density at radius 2 is 0.457 bits per heavy atom. The fraction of sp³-hybridized carbons (Fsp3) is 0.0870. The zero-order chi connectivity index (χ0) is 31.6. The molecule has 0 aliphatic heterocycles. The van der Waals surface area contributed by atoms with Crippen molar-refractivity contribution in [2.45, 2.75) is 26.7 Å². The summed E-state index contributed by atoms with van der Waals surface area (Å²) in [6.45, 7) is 4.22. The zero-order valence-electron chi connectivity index (χ0n) is 26.7. The highest BCUT2D eigenvalue weighted by molar-refractivity contribution is 5.70. The molecule has 0 heteroatoms. The Hall–Kier alpha value is -5.46. The van der Waals surface area contributed by atoms with Crippen molar-refractivity contribution < 1.29 is 0 Å². The van der Waals surface area contributed by atoms with Gasteiger partial charge in [-0.3, -0.25) is 0 Å². The molecule has 0 N–H and O–H groups in total. The van der Waals surface area contributed by atoms with Crippen LogP contribution in [0.4, 0.5) is 0 Å². The lowest BCUT2D eigenvalue weighted by Gasteiger charge is -2.18. The van der Waals surface area contributed by atoms with Crippen LogP contribution in [0, 0.1) is 13.8 Å². The molecule has 0 nitrogen and oxygen atoms in total. The van der Waals surface area contributed by atoms with E-state index in [1.807, 2.05) is 12.1 Å². The van der Waals surface area contributed by atoms with Gasteiger partial charge in [-0.25, -0.2) is 0 Å². The minimum absolute atomic E-state index is 1.10. The summed E-state index contributed by atoms with van der Waals surface area (Å²) in [4.78, 5) is 0. The normalized spacial score (nSPS) is 11.1. The van der Waals surface area contributed by atoms with E-state index in [0.717, 1.165) is 12.8 Å². The van der Waals surface area contributed by atoms with Crippen molar-refractivity contribution in [3.05, 3.63) is 215 Å². The lowest BCUT2D eigenvalue weighted by atomic mass is 9.86. The third-order valence-corrected chi connectivity index (χ3v) is 8.53. The molecular formula is C46H40. The summed E-state index contributed by atoms with van der Waals surface area (Å²) in [5, 5.41) is 0. The lowest BCUT2D eigenvalue weighted by molar-refractivity contribution is 1.00. The second kappa shape index (κ2) is 15.0. The topological polar surface area (TPSA) is 0 Å². The van der Waals surface area contributed by atoms with E-state index in [4.69, 9.17) is 0 Å². The van der Waals surface area contributed by atoms with Crippen LogP contribution in [0.15, 0.2) is 182 Å². The van der Waals surface area contributed by atoms with E-state index in [0.29, 0.717) is 0 Å². The molecule has 8 rings (SSSR count). The summed E-state index contributed by atoms with van der Waals surface area (Å²) in [6.07, 6.45) is 2.21. The third-order valence-electron chi connectivity index (χ3n) is 8.53. The van der Waals surface area contributed by atoms with Crippen molar-refractivity contribution in [2.24, 2.45) is 0 Å². The van der Waals surface area contributed by atoms with E-state index < -0.39 is 0 Å². The predicted octanol–water partition coefficient (Wildman–Crippen LogP) is 12.2. The second-order valence-corrected chi connectivity index (χ2v) is 11.9. The van der Waals surface area contributed by atoms with Gasteiger partial charge in [0, 0.05) is 0 Å². The zero-order valence-corrected chi connectivity index (χ0v) is 26.7. The molecular weight excluding hydrogens is 553 g/mol. The molecule has 224 valence electrons. The Balaban J connectivity index is 0.000000123. The summed E-state index contributed by atoms with van der Waals surface area (Å²) in [5.41, 5.74) is 16.2. The number of hydrogen-bond donors (Lipinski definition) is 0. The number of hydrogen-bond acceptors (Lipinski definition) is 0. The largest absolute Gasteiger partial charge is 0.0622 e. The maximum absolute atomic E-state index is 2.24. The quantitative estimate of drug-likeness (QED) is 0.191. The van der Waals surface area contributed by atoms with Crippen LogP contribution in [0.2, 0.25) is 0 Å². The first-order valence-corrected chi connectivity index (χ1v) is 16.1. The maximum Gasteiger partial charge on any atom is -0.00201 e. The van der Waals surface area contributed by atoms with Crippen LogP contribution in [-0.4, -0.2) is 0 Å². The van der Waals surface area contributed by atoms with Crippen molar-refractivity contribution in [3.63, 3.8) is 0 Å². The molecule has 0 saturated heterocycles. The molecule has 0 fully saturated rings. The lowest BCUT2D eigenvalue weighted by Crippen LogP contribution is -2.06. The Morgan fingerprint density at radius 3 is 0.739 bits per heavy atom.